The maximum absolute atomic E-state index is 5.71. The predicted molar refractivity (Wildman–Crippen MR) is 73.0 cm³/mol. The minimum absolute atomic E-state index is 0.536. The van der Waals surface area contributed by atoms with Crippen molar-refractivity contribution in [3.63, 3.8) is 0 Å². The van der Waals surface area contributed by atoms with Crippen molar-refractivity contribution in [3.8, 4) is 5.75 Å². The Morgan fingerprint density at radius 1 is 1.53 bits per heavy atom. The van der Waals surface area contributed by atoms with Gasteiger partial charge in [0.2, 0.25) is 0 Å². The quantitative estimate of drug-likeness (QED) is 0.723. The summed E-state index contributed by atoms with van der Waals surface area (Å²) in [5.74, 6) is 2.88. The summed E-state index contributed by atoms with van der Waals surface area (Å²) < 4.78 is 5.63. The van der Waals surface area contributed by atoms with E-state index in [1.807, 2.05) is 12.1 Å². The molecule has 1 aromatic rings. The van der Waals surface area contributed by atoms with Crippen LogP contribution in [0, 0.1) is 5.92 Å². The highest BCUT2D eigenvalue weighted by molar-refractivity contribution is 6.17. The van der Waals surface area contributed by atoms with Crippen LogP contribution in [0.5, 0.6) is 5.75 Å². The third kappa shape index (κ3) is 5.26. The van der Waals surface area contributed by atoms with Gasteiger partial charge in [-0.2, -0.15) is 0 Å². The van der Waals surface area contributed by atoms with E-state index in [4.69, 9.17) is 16.3 Å². The van der Waals surface area contributed by atoms with Crippen LogP contribution < -0.4 is 10.1 Å². The zero-order chi connectivity index (χ0) is 12.5. The molecule has 0 aliphatic heterocycles. The highest BCUT2D eigenvalue weighted by atomic mass is 35.5. The van der Waals surface area contributed by atoms with E-state index < -0.39 is 0 Å². The van der Waals surface area contributed by atoms with Crippen molar-refractivity contribution in [1.82, 2.24) is 4.98 Å². The first-order valence-corrected chi connectivity index (χ1v) is 6.69. The molecular weight excluding hydrogens is 236 g/mol. The Morgan fingerprint density at radius 2 is 2.35 bits per heavy atom. The first-order valence-electron chi connectivity index (χ1n) is 6.15. The van der Waals surface area contributed by atoms with Gasteiger partial charge < -0.3 is 10.1 Å². The minimum atomic E-state index is 0.536. The lowest BCUT2D eigenvalue weighted by Gasteiger charge is -2.14. The summed E-state index contributed by atoms with van der Waals surface area (Å²) >= 11 is 5.71. The molecular formula is C13H21ClN2O. The fourth-order valence-electron chi connectivity index (χ4n) is 1.41. The molecule has 0 aromatic carbocycles. The van der Waals surface area contributed by atoms with E-state index >= 15 is 0 Å². The average Bonchev–Trinajstić information content (AvgIpc) is 2.35. The lowest BCUT2D eigenvalue weighted by atomic mass is 10.1. The van der Waals surface area contributed by atoms with Crippen LogP contribution >= 0.6 is 11.6 Å². The van der Waals surface area contributed by atoms with Crippen LogP contribution in [0.2, 0.25) is 0 Å². The number of halogens is 1. The SMILES string of the molecule is CCCOc1cccnc1NCC(C)CCCl. The van der Waals surface area contributed by atoms with E-state index in [-0.39, 0.29) is 0 Å². The number of hydrogen-bond donors (Lipinski definition) is 1. The van der Waals surface area contributed by atoms with Crippen molar-refractivity contribution < 1.29 is 4.74 Å². The highest BCUT2D eigenvalue weighted by Crippen LogP contribution is 2.21. The molecule has 0 saturated carbocycles. The molecule has 0 radical (unpaired) electrons. The smallest absolute Gasteiger partial charge is 0.168 e. The number of alkyl halides is 1. The van der Waals surface area contributed by atoms with Crippen LogP contribution in [-0.2, 0) is 0 Å². The molecule has 96 valence electrons. The van der Waals surface area contributed by atoms with E-state index in [0.717, 1.165) is 37.6 Å². The van der Waals surface area contributed by atoms with Gasteiger partial charge in [0.25, 0.3) is 0 Å². The molecule has 4 heteroatoms. The Morgan fingerprint density at radius 3 is 3.06 bits per heavy atom. The van der Waals surface area contributed by atoms with Crippen LogP contribution in [0.4, 0.5) is 5.82 Å². The summed E-state index contributed by atoms with van der Waals surface area (Å²) in [4.78, 5) is 4.29. The molecule has 1 rings (SSSR count). The number of anilines is 1. The monoisotopic (exact) mass is 256 g/mol. The molecule has 1 unspecified atom stereocenters. The Bertz CT molecular complexity index is 320. The van der Waals surface area contributed by atoms with Gasteiger partial charge in [0, 0.05) is 18.6 Å². The summed E-state index contributed by atoms with van der Waals surface area (Å²) in [7, 11) is 0. The fraction of sp³-hybridized carbons (Fsp3) is 0.615. The standard InChI is InChI=1S/C13H21ClN2O/c1-3-9-17-12-5-4-8-15-13(12)16-10-11(2)6-7-14/h4-5,8,11H,3,6-7,9-10H2,1-2H3,(H,15,16). The van der Waals surface area contributed by atoms with Crippen molar-refractivity contribution in [2.24, 2.45) is 5.92 Å². The molecule has 3 nitrogen and oxygen atoms in total. The molecule has 0 spiro atoms. The molecule has 0 aliphatic rings. The molecule has 17 heavy (non-hydrogen) atoms. The maximum Gasteiger partial charge on any atom is 0.168 e. The van der Waals surface area contributed by atoms with Crippen molar-refractivity contribution >= 4 is 17.4 Å². The molecule has 0 amide bonds. The maximum atomic E-state index is 5.71. The second-order valence-corrected chi connectivity index (χ2v) is 4.54. The Balaban J connectivity index is 2.51. The van der Waals surface area contributed by atoms with E-state index in [0.29, 0.717) is 11.8 Å². The van der Waals surface area contributed by atoms with Gasteiger partial charge in [-0.25, -0.2) is 4.98 Å². The summed E-state index contributed by atoms with van der Waals surface area (Å²) in [6.45, 7) is 5.85. The van der Waals surface area contributed by atoms with Crippen LogP contribution in [0.15, 0.2) is 18.3 Å². The van der Waals surface area contributed by atoms with Gasteiger partial charge in [-0.3, -0.25) is 0 Å². The molecule has 1 N–H and O–H groups in total. The zero-order valence-electron chi connectivity index (χ0n) is 10.6. The van der Waals surface area contributed by atoms with Gasteiger partial charge in [0.1, 0.15) is 0 Å². The number of rotatable bonds is 8. The van der Waals surface area contributed by atoms with Gasteiger partial charge in [-0.15, -0.1) is 11.6 Å². The van der Waals surface area contributed by atoms with Gasteiger partial charge in [-0.1, -0.05) is 13.8 Å². The molecule has 0 aliphatic carbocycles. The van der Waals surface area contributed by atoms with Crippen LogP contribution in [-0.4, -0.2) is 24.0 Å². The van der Waals surface area contributed by atoms with E-state index in [9.17, 15) is 0 Å². The van der Waals surface area contributed by atoms with Crippen LogP contribution in [0.3, 0.4) is 0 Å². The van der Waals surface area contributed by atoms with E-state index in [2.05, 4.69) is 24.1 Å². The Hall–Kier alpha value is -0.960. The molecule has 1 heterocycles. The minimum Gasteiger partial charge on any atom is -0.490 e. The van der Waals surface area contributed by atoms with Crippen LogP contribution in [0.1, 0.15) is 26.7 Å². The first kappa shape index (κ1) is 14.1. The second-order valence-electron chi connectivity index (χ2n) is 4.16. The van der Waals surface area contributed by atoms with Crippen molar-refractivity contribution in [2.45, 2.75) is 26.7 Å². The van der Waals surface area contributed by atoms with Crippen molar-refractivity contribution in [2.75, 3.05) is 24.3 Å². The molecule has 1 atom stereocenters. The normalized spacial score (nSPS) is 12.2. The lowest BCUT2D eigenvalue weighted by Crippen LogP contribution is -2.13. The molecule has 0 bridgehead atoms. The molecule has 0 saturated heterocycles. The van der Waals surface area contributed by atoms with Crippen LogP contribution in [0.25, 0.3) is 0 Å². The number of hydrogen-bond acceptors (Lipinski definition) is 3. The molecule has 0 fully saturated rings. The summed E-state index contributed by atoms with van der Waals surface area (Å²) in [6.07, 6.45) is 3.77. The van der Waals surface area contributed by atoms with E-state index in [1.165, 1.54) is 0 Å². The zero-order valence-corrected chi connectivity index (χ0v) is 11.3. The highest BCUT2D eigenvalue weighted by Gasteiger charge is 2.06. The number of nitrogens with zero attached hydrogens (tertiary/aromatic N) is 1. The number of aromatic nitrogens is 1. The third-order valence-corrected chi connectivity index (χ3v) is 2.67. The molecule has 1 aromatic heterocycles. The summed E-state index contributed by atoms with van der Waals surface area (Å²) in [5, 5.41) is 3.31. The van der Waals surface area contributed by atoms with Crippen molar-refractivity contribution in [1.29, 1.82) is 0 Å². The topological polar surface area (TPSA) is 34.1 Å². The fourth-order valence-corrected chi connectivity index (χ4v) is 1.78. The lowest BCUT2D eigenvalue weighted by molar-refractivity contribution is 0.317. The average molecular weight is 257 g/mol. The van der Waals surface area contributed by atoms with Gasteiger partial charge in [-0.05, 0) is 30.9 Å². The third-order valence-electron chi connectivity index (χ3n) is 2.45. The predicted octanol–water partition coefficient (Wildman–Crippen LogP) is 3.55. The number of ether oxygens (including phenoxy) is 1. The number of pyridine rings is 1. The van der Waals surface area contributed by atoms with Gasteiger partial charge in [0.15, 0.2) is 11.6 Å². The van der Waals surface area contributed by atoms with Crippen molar-refractivity contribution in [3.05, 3.63) is 18.3 Å². The second kappa shape index (κ2) is 8.18. The summed E-state index contributed by atoms with van der Waals surface area (Å²) in [6, 6.07) is 3.83. The van der Waals surface area contributed by atoms with E-state index in [1.54, 1.807) is 6.20 Å². The largest absolute Gasteiger partial charge is 0.490 e. The van der Waals surface area contributed by atoms with Gasteiger partial charge >= 0.3 is 0 Å². The first-order chi connectivity index (χ1) is 8.27. The Kier molecular flexibility index (Phi) is 6.78. The number of nitrogens with one attached hydrogen (secondary N) is 1. The van der Waals surface area contributed by atoms with Gasteiger partial charge in [0.05, 0.1) is 6.61 Å². The Labute approximate surface area is 109 Å². The summed E-state index contributed by atoms with van der Waals surface area (Å²) in [5.41, 5.74) is 0.